The Labute approximate surface area is 119 Å². The van der Waals surface area contributed by atoms with E-state index in [0.717, 1.165) is 0 Å². The van der Waals surface area contributed by atoms with Gasteiger partial charge in [-0.2, -0.15) is 0 Å². The van der Waals surface area contributed by atoms with Crippen LogP contribution in [0.15, 0.2) is 41.0 Å². The number of carboxylic acid groups (broad SMARTS) is 1. The highest BCUT2D eigenvalue weighted by molar-refractivity contribution is 6.31. The number of benzene rings is 1. The molecule has 0 bridgehead atoms. The van der Waals surface area contributed by atoms with Crippen LogP contribution in [0, 0.1) is 0 Å². The molecule has 0 unspecified atom stereocenters. The van der Waals surface area contributed by atoms with E-state index in [-0.39, 0.29) is 17.1 Å². The Morgan fingerprint density at radius 2 is 2.10 bits per heavy atom. The summed E-state index contributed by atoms with van der Waals surface area (Å²) < 4.78 is 5.06. The van der Waals surface area contributed by atoms with Crippen molar-refractivity contribution in [3.8, 4) is 0 Å². The SMILES string of the molecule is O=C(NCc1ccco1)Nc1cc(Cl)cc(C(=O)O)c1. The van der Waals surface area contributed by atoms with E-state index in [1.54, 1.807) is 12.1 Å². The zero-order valence-corrected chi connectivity index (χ0v) is 11.0. The van der Waals surface area contributed by atoms with Gasteiger partial charge in [-0.1, -0.05) is 11.6 Å². The number of furan rings is 1. The Kier molecular flexibility index (Phi) is 4.27. The Balaban J connectivity index is 1.98. The lowest BCUT2D eigenvalue weighted by atomic mass is 10.2. The maximum Gasteiger partial charge on any atom is 0.335 e. The molecule has 0 aliphatic carbocycles. The Morgan fingerprint density at radius 3 is 2.75 bits per heavy atom. The largest absolute Gasteiger partial charge is 0.478 e. The number of carbonyl (C=O) groups excluding carboxylic acids is 1. The second-order valence-electron chi connectivity index (χ2n) is 3.92. The number of carboxylic acids is 1. The fraction of sp³-hybridized carbons (Fsp3) is 0.0769. The van der Waals surface area contributed by atoms with Crippen molar-refractivity contribution in [3.63, 3.8) is 0 Å². The number of amides is 2. The molecule has 0 spiro atoms. The molecule has 2 aromatic rings. The fourth-order valence-corrected chi connectivity index (χ4v) is 1.78. The minimum Gasteiger partial charge on any atom is -0.478 e. The quantitative estimate of drug-likeness (QED) is 0.808. The zero-order valence-electron chi connectivity index (χ0n) is 10.2. The van der Waals surface area contributed by atoms with Crippen molar-refractivity contribution in [2.24, 2.45) is 0 Å². The lowest BCUT2D eigenvalue weighted by molar-refractivity contribution is 0.0697. The topological polar surface area (TPSA) is 91.6 Å². The lowest BCUT2D eigenvalue weighted by Crippen LogP contribution is -2.28. The van der Waals surface area contributed by atoms with Crippen LogP contribution in [0.3, 0.4) is 0 Å². The first-order chi connectivity index (χ1) is 9.54. The minimum atomic E-state index is -1.12. The molecule has 3 N–H and O–H groups in total. The summed E-state index contributed by atoms with van der Waals surface area (Å²) >= 11 is 5.79. The molecule has 104 valence electrons. The molecule has 0 aliphatic rings. The van der Waals surface area contributed by atoms with Crippen LogP contribution < -0.4 is 10.6 Å². The van der Waals surface area contributed by atoms with Gasteiger partial charge < -0.3 is 20.2 Å². The molecule has 2 rings (SSSR count). The van der Waals surface area contributed by atoms with Crippen molar-refractivity contribution in [1.29, 1.82) is 0 Å². The molecule has 7 heteroatoms. The van der Waals surface area contributed by atoms with Gasteiger partial charge in [-0.05, 0) is 30.3 Å². The normalized spacial score (nSPS) is 10.1. The van der Waals surface area contributed by atoms with Crippen molar-refractivity contribution in [1.82, 2.24) is 5.32 Å². The van der Waals surface area contributed by atoms with Crippen LogP contribution in [0.2, 0.25) is 5.02 Å². The number of halogens is 1. The van der Waals surface area contributed by atoms with Crippen LogP contribution in [0.1, 0.15) is 16.1 Å². The minimum absolute atomic E-state index is 0.00108. The second kappa shape index (κ2) is 6.12. The number of nitrogens with one attached hydrogen (secondary N) is 2. The summed E-state index contributed by atoms with van der Waals surface area (Å²) in [6, 6.07) is 7.03. The molecule has 0 saturated carbocycles. The summed E-state index contributed by atoms with van der Waals surface area (Å²) in [5.74, 6) is -0.510. The molecule has 1 heterocycles. The third kappa shape index (κ3) is 3.76. The summed E-state index contributed by atoms with van der Waals surface area (Å²) in [5, 5.41) is 14.2. The number of rotatable bonds is 4. The summed E-state index contributed by atoms with van der Waals surface area (Å²) in [5.41, 5.74) is 0.297. The molecule has 1 aromatic carbocycles. The van der Waals surface area contributed by atoms with E-state index in [4.69, 9.17) is 21.1 Å². The molecular weight excluding hydrogens is 284 g/mol. The lowest BCUT2D eigenvalue weighted by Gasteiger charge is -2.08. The van der Waals surface area contributed by atoms with Gasteiger partial charge in [0.2, 0.25) is 0 Å². The van der Waals surface area contributed by atoms with E-state index in [9.17, 15) is 9.59 Å². The molecule has 2 amide bonds. The van der Waals surface area contributed by atoms with Gasteiger partial charge in [0.1, 0.15) is 5.76 Å². The highest BCUT2D eigenvalue weighted by atomic mass is 35.5. The summed E-state index contributed by atoms with van der Waals surface area (Å²) in [4.78, 5) is 22.5. The molecule has 0 fully saturated rings. The van der Waals surface area contributed by atoms with Gasteiger partial charge >= 0.3 is 12.0 Å². The third-order valence-corrected chi connectivity index (χ3v) is 2.62. The van der Waals surface area contributed by atoms with E-state index >= 15 is 0 Å². The number of anilines is 1. The molecule has 0 atom stereocenters. The Hall–Kier alpha value is -2.47. The van der Waals surface area contributed by atoms with E-state index in [0.29, 0.717) is 11.4 Å². The Bertz CT molecular complexity index is 625. The second-order valence-corrected chi connectivity index (χ2v) is 4.36. The van der Waals surface area contributed by atoms with Crippen molar-refractivity contribution in [3.05, 3.63) is 52.9 Å². The van der Waals surface area contributed by atoms with Crippen LogP contribution in [0.4, 0.5) is 10.5 Å². The van der Waals surface area contributed by atoms with Crippen LogP contribution in [-0.4, -0.2) is 17.1 Å². The molecule has 1 aromatic heterocycles. The monoisotopic (exact) mass is 294 g/mol. The molecule has 0 saturated heterocycles. The Morgan fingerprint density at radius 1 is 1.30 bits per heavy atom. The van der Waals surface area contributed by atoms with E-state index in [1.165, 1.54) is 24.5 Å². The molecule has 6 nitrogen and oxygen atoms in total. The molecule has 0 radical (unpaired) electrons. The summed E-state index contributed by atoms with van der Waals surface area (Å²) in [6.07, 6.45) is 1.50. The number of hydrogen-bond donors (Lipinski definition) is 3. The molecule has 20 heavy (non-hydrogen) atoms. The predicted octanol–water partition coefficient (Wildman–Crippen LogP) is 2.95. The first kappa shape index (κ1) is 14.0. The van der Waals surface area contributed by atoms with Crippen molar-refractivity contribution in [2.75, 3.05) is 5.32 Å². The van der Waals surface area contributed by atoms with Crippen molar-refractivity contribution < 1.29 is 19.1 Å². The number of urea groups is 1. The molecular formula is C13H11ClN2O4. The molecule has 0 aliphatic heterocycles. The summed E-state index contributed by atoms with van der Waals surface area (Å²) in [7, 11) is 0. The number of carbonyl (C=O) groups is 2. The van der Waals surface area contributed by atoms with E-state index in [1.807, 2.05) is 0 Å². The van der Waals surface area contributed by atoms with Crippen LogP contribution in [0.25, 0.3) is 0 Å². The standard InChI is InChI=1S/C13H11ClN2O4/c14-9-4-8(12(17)18)5-10(6-9)16-13(19)15-7-11-2-1-3-20-11/h1-6H,7H2,(H,17,18)(H2,15,16,19). The highest BCUT2D eigenvalue weighted by Crippen LogP contribution is 2.19. The maximum atomic E-state index is 11.6. The fourth-order valence-electron chi connectivity index (χ4n) is 1.54. The van der Waals surface area contributed by atoms with Gasteiger partial charge in [-0.3, -0.25) is 0 Å². The van der Waals surface area contributed by atoms with Crippen LogP contribution in [-0.2, 0) is 6.54 Å². The number of aromatic carboxylic acids is 1. The zero-order chi connectivity index (χ0) is 14.5. The van der Waals surface area contributed by atoms with Crippen molar-refractivity contribution in [2.45, 2.75) is 6.54 Å². The average Bonchev–Trinajstić information content (AvgIpc) is 2.88. The van der Waals surface area contributed by atoms with Gasteiger partial charge in [0, 0.05) is 10.7 Å². The predicted molar refractivity (Wildman–Crippen MR) is 73.0 cm³/mol. The maximum absolute atomic E-state index is 11.6. The van der Waals surface area contributed by atoms with Gasteiger partial charge in [0.05, 0.1) is 18.4 Å². The van der Waals surface area contributed by atoms with Gasteiger partial charge in [0.25, 0.3) is 0 Å². The number of hydrogen-bond acceptors (Lipinski definition) is 3. The van der Waals surface area contributed by atoms with Crippen LogP contribution >= 0.6 is 11.6 Å². The van der Waals surface area contributed by atoms with Gasteiger partial charge in [-0.25, -0.2) is 9.59 Å². The highest BCUT2D eigenvalue weighted by Gasteiger charge is 2.08. The smallest absolute Gasteiger partial charge is 0.335 e. The average molecular weight is 295 g/mol. The van der Waals surface area contributed by atoms with E-state index < -0.39 is 12.0 Å². The first-order valence-electron chi connectivity index (χ1n) is 5.66. The van der Waals surface area contributed by atoms with Crippen LogP contribution in [0.5, 0.6) is 0 Å². The van der Waals surface area contributed by atoms with Crippen molar-refractivity contribution >= 4 is 29.3 Å². The first-order valence-corrected chi connectivity index (χ1v) is 6.03. The third-order valence-electron chi connectivity index (χ3n) is 2.41. The van der Waals surface area contributed by atoms with E-state index in [2.05, 4.69) is 10.6 Å². The van der Waals surface area contributed by atoms with Gasteiger partial charge in [-0.15, -0.1) is 0 Å². The summed E-state index contributed by atoms with van der Waals surface area (Å²) in [6.45, 7) is 0.227. The van der Waals surface area contributed by atoms with Gasteiger partial charge in [0.15, 0.2) is 0 Å².